The zero-order chi connectivity index (χ0) is 18.1. The molecule has 0 aliphatic rings. The number of fused-ring (bicyclic) bond motifs is 3. The summed E-state index contributed by atoms with van der Waals surface area (Å²) in [7, 11) is 0. The number of aromatic nitrogens is 2. The minimum Gasteiger partial charge on any atom is -0.366 e. The van der Waals surface area contributed by atoms with Crippen molar-refractivity contribution >= 4 is 50.8 Å². The van der Waals surface area contributed by atoms with Gasteiger partial charge in [0, 0.05) is 29.3 Å². The SMILES string of the molecule is CC(=O)Nc1cc(Cl)cc2c1[nH]c1cnc(NCc3ccccc3)cc12. The fourth-order valence-electron chi connectivity index (χ4n) is 3.04. The van der Waals surface area contributed by atoms with Gasteiger partial charge in [-0.05, 0) is 23.8 Å². The molecule has 130 valence electrons. The van der Waals surface area contributed by atoms with E-state index in [4.69, 9.17) is 11.6 Å². The lowest BCUT2D eigenvalue weighted by atomic mass is 10.1. The van der Waals surface area contributed by atoms with Crippen LogP contribution in [0.2, 0.25) is 5.02 Å². The third-order valence-electron chi connectivity index (χ3n) is 4.18. The number of aromatic amines is 1. The van der Waals surface area contributed by atoms with E-state index in [0.717, 1.165) is 27.6 Å². The van der Waals surface area contributed by atoms with Crippen molar-refractivity contribution < 1.29 is 4.79 Å². The van der Waals surface area contributed by atoms with Crippen LogP contribution >= 0.6 is 11.6 Å². The zero-order valence-electron chi connectivity index (χ0n) is 14.1. The summed E-state index contributed by atoms with van der Waals surface area (Å²) in [6.07, 6.45) is 1.79. The first kappa shape index (κ1) is 16.4. The molecule has 4 rings (SSSR count). The van der Waals surface area contributed by atoms with Crippen molar-refractivity contribution in [1.29, 1.82) is 0 Å². The molecule has 0 saturated heterocycles. The number of nitrogens with one attached hydrogen (secondary N) is 3. The van der Waals surface area contributed by atoms with Crippen LogP contribution in [-0.4, -0.2) is 15.9 Å². The van der Waals surface area contributed by atoms with Gasteiger partial charge in [0.15, 0.2) is 0 Å². The van der Waals surface area contributed by atoms with Gasteiger partial charge in [-0.15, -0.1) is 0 Å². The second-order valence-corrected chi connectivity index (χ2v) is 6.57. The van der Waals surface area contributed by atoms with Crippen LogP contribution in [0, 0.1) is 0 Å². The summed E-state index contributed by atoms with van der Waals surface area (Å²) in [5, 5.41) is 8.67. The fourth-order valence-corrected chi connectivity index (χ4v) is 3.26. The number of carbonyl (C=O) groups excluding carboxylic acids is 1. The van der Waals surface area contributed by atoms with Gasteiger partial charge in [-0.2, -0.15) is 0 Å². The number of nitrogens with zero attached hydrogens (tertiary/aromatic N) is 1. The third kappa shape index (κ3) is 3.21. The van der Waals surface area contributed by atoms with Gasteiger partial charge in [0.25, 0.3) is 0 Å². The molecule has 0 saturated carbocycles. The number of rotatable bonds is 4. The first-order chi connectivity index (χ1) is 12.6. The Morgan fingerprint density at radius 1 is 1.15 bits per heavy atom. The summed E-state index contributed by atoms with van der Waals surface area (Å²) in [5.41, 5.74) is 3.57. The molecule has 0 spiro atoms. The Hall–Kier alpha value is -3.05. The summed E-state index contributed by atoms with van der Waals surface area (Å²) in [5.74, 6) is 0.638. The van der Waals surface area contributed by atoms with Crippen molar-refractivity contribution in [2.75, 3.05) is 10.6 Å². The van der Waals surface area contributed by atoms with Crippen LogP contribution in [0.15, 0.2) is 54.7 Å². The van der Waals surface area contributed by atoms with E-state index in [9.17, 15) is 4.79 Å². The highest BCUT2D eigenvalue weighted by Crippen LogP contribution is 2.34. The normalized spacial score (nSPS) is 11.0. The van der Waals surface area contributed by atoms with Crippen LogP contribution in [0.4, 0.5) is 11.5 Å². The van der Waals surface area contributed by atoms with Crippen molar-refractivity contribution in [2.24, 2.45) is 0 Å². The van der Waals surface area contributed by atoms with Gasteiger partial charge in [0.1, 0.15) is 5.82 Å². The lowest BCUT2D eigenvalue weighted by Crippen LogP contribution is -2.06. The first-order valence-electron chi connectivity index (χ1n) is 8.26. The Kier molecular flexibility index (Phi) is 4.22. The van der Waals surface area contributed by atoms with Crippen LogP contribution in [0.3, 0.4) is 0 Å². The number of hydrogen-bond acceptors (Lipinski definition) is 3. The highest BCUT2D eigenvalue weighted by Gasteiger charge is 2.12. The first-order valence-corrected chi connectivity index (χ1v) is 8.64. The van der Waals surface area contributed by atoms with E-state index in [-0.39, 0.29) is 5.91 Å². The van der Waals surface area contributed by atoms with Crippen molar-refractivity contribution in [3.63, 3.8) is 0 Å². The molecule has 0 atom stereocenters. The second kappa shape index (κ2) is 6.69. The Morgan fingerprint density at radius 2 is 1.96 bits per heavy atom. The topological polar surface area (TPSA) is 69.8 Å². The quantitative estimate of drug-likeness (QED) is 0.480. The van der Waals surface area contributed by atoms with Gasteiger partial charge in [0.2, 0.25) is 5.91 Å². The maximum Gasteiger partial charge on any atom is 0.221 e. The van der Waals surface area contributed by atoms with Gasteiger partial charge in [-0.25, -0.2) is 4.98 Å². The summed E-state index contributed by atoms with van der Waals surface area (Å²) < 4.78 is 0. The summed E-state index contributed by atoms with van der Waals surface area (Å²) in [4.78, 5) is 19.3. The van der Waals surface area contributed by atoms with E-state index in [1.165, 1.54) is 12.5 Å². The van der Waals surface area contributed by atoms with Crippen LogP contribution in [-0.2, 0) is 11.3 Å². The number of pyridine rings is 1. The number of hydrogen-bond donors (Lipinski definition) is 3. The summed E-state index contributed by atoms with van der Waals surface area (Å²) in [6.45, 7) is 2.17. The van der Waals surface area contributed by atoms with Gasteiger partial charge >= 0.3 is 0 Å². The van der Waals surface area contributed by atoms with Crippen LogP contribution < -0.4 is 10.6 Å². The largest absolute Gasteiger partial charge is 0.366 e. The molecule has 0 unspecified atom stereocenters. The molecule has 3 N–H and O–H groups in total. The minimum absolute atomic E-state index is 0.143. The average Bonchev–Trinajstić information content (AvgIpc) is 2.98. The van der Waals surface area contributed by atoms with Crippen LogP contribution in [0.5, 0.6) is 0 Å². The molecule has 1 amide bonds. The average molecular weight is 365 g/mol. The number of benzene rings is 2. The molecule has 0 aliphatic heterocycles. The number of amides is 1. The highest BCUT2D eigenvalue weighted by molar-refractivity contribution is 6.32. The molecule has 0 radical (unpaired) electrons. The number of halogens is 1. The predicted octanol–water partition coefficient (Wildman–Crippen LogP) is 4.94. The molecule has 0 bridgehead atoms. The van der Waals surface area contributed by atoms with E-state index in [1.54, 1.807) is 12.3 Å². The maximum atomic E-state index is 11.5. The Labute approximate surface area is 155 Å². The lowest BCUT2D eigenvalue weighted by Gasteiger charge is -2.06. The van der Waals surface area contributed by atoms with Crippen LogP contribution in [0.25, 0.3) is 21.8 Å². The van der Waals surface area contributed by atoms with Crippen molar-refractivity contribution in [3.8, 4) is 0 Å². The van der Waals surface area contributed by atoms with E-state index in [2.05, 4.69) is 32.7 Å². The Balaban J connectivity index is 1.74. The predicted molar refractivity (Wildman–Crippen MR) is 107 cm³/mol. The van der Waals surface area contributed by atoms with Gasteiger partial charge in [-0.1, -0.05) is 41.9 Å². The summed E-state index contributed by atoms with van der Waals surface area (Å²) in [6, 6.07) is 15.8. The van der Waals surface area contributed by atoms with E-state index < -0.39 is 0 Å². The van der Waals surface area contributed by atoms with Crippen molar-refractivity contribution in [2.45, 2.75) is 13.5 Å². The molecule has 0 aliphatic carbocycles. The minimum atomic E-state index is -0.143. The van der Waals surface area contributed by atoms with Crippen molar-refractivity contribution in [1.82, 2.24) is 9.97 Å². The number of anilines is 2. The van der Waals surface area contributed by atoms with Crippen molar-refractivity contribution in [3.05, 3.63) is 65.3 Å². The number of carbonyl (C=O) groups is 1. The van der Waals surface area contributed by atoms with E-state index >= 15 is 0 Å². The zero-order valence-corrected chi connectivity index (χ0v) is 14.9. The molecule has 4 aromatic rings. The number of H-pyrrole nitrogens is 1. The molecular weight excluding hydrogens is 348 g/mol. The van der Waals surface area contributed by atoms with Crippen LogP contribution in [0.1, 0.15) is 12.5 Å². The standard InChI is InChI=1S/C20H17ClN4O/c1-12(26)24-17-8-14(21)7-16-15-9-19(23-11-18(15)25-20(16)17)22-10-13-5-3-2-4-6-13/h2-9,11,25H,10H2,1H3,(H,22,23)(H,24,26). The van der Waals surface area contributed by atoms with E-state index in [0.29, 0.717) is 17.3 Å². The molecule has 26 heavy (non-hydrogen) atoms. The lowest BCUT2D eigenvalue weighted by molar-refractivity contribution is -0.114. The fraction of sp³-hybridized carbons (Fsp3) is 0.100. The molecule has 0 fully saturated rings. The smallest absolute Gasteiger partial charge is 0.221 e. The Bertz CT molecular complexity index is 1110. The Morgan fingerprint density at radius 3 is 2.73 bits per heavy atom. The molecule has 5 nitrogen and oxygen atoms in total. The third-order valence-corrected chi connectivity index (χ3v) is 4.40. The van der Waals surface area contributed by atoms with Gasteiger partial charge in [-0.3, -0.25) is 4.79 Å². The van der Waals surface area contributed by atoms with Gasteiger partial charge < -0.3 is 15.6 Å². The molecule has 2 aromatic heterocycles. The molecular formula is C20H17ClN4O. The maximum absolute atomic E-state index is 11.5. The molecule has 6 heteroatoms. The monoisotopic (exact) mass is 364 g/mol. The van der Waals surface area contributed by atoms with Gasteiger partial charge in [0.05, 0.1) is 22.9 Å². The molecule has 2 heterocycles. The molecule has 2 aromatic carbocycles. The highest BCUT2D eigenvalue weighted by atomic mass is 35.5. The second-order valence-electron chi connectivity index (χ2n) is 6.14. The van der Waals surface area contributed by atoms with E-state index in [1.807, 2.05) is 30.3 Å². The summed E-state index contributed by atoms with van der Waals surface area (Å²) >= 11 is 6.25.